The van der Waals surface area contributed by atoms with E-state index in [9.17, 15) is 4.79 Å². The zero-order valence-corrected chi connectivity index (χ0v) is 9.61. The molecule has 6 nitrogen and oxygen atoms in total. The molecule has 0 aromatic heterocycles. The number of hydrogen-bond acceptors (Lipinski definition) is 2. The number of nitrogens with one attached hydrogen (secondary N) is 2. The molecule has 15 heavy (non-hydrogen) atoms. The maximum absolute atomic E-state index is 11.4. The van der Waals surface area contributed by atoms with Gasteiger partial charge in [-0.15, -0.1) is 0 Å². The van der Waals surface area contributed by atoms with Crippen molar-refractivity contribution in [3.8, 4) is 0 Å². The molecule has 0 aliphatic rings. The van der Waals surface area contributed by atoms with Crippen molar-refractivity contribution < 1.29 is 32.4 Å². The molecule has 0 aliphatic carbocycles. The molecule has 0 spiro atoms. The van der Waals surface area contributed by atoms with Crippen LogP contribution in [-0.2, 0) is 4.74 Å². The Hall–Kier alpha value is -1.17. The average molecular weight is 243 g/mol. The first-order valence-corrected chi connectivity index (χ1v) is 3.94. The lowest BCUT2D eigenvalue weighted by Gasteiger charge is -2.19. The lowest BCUT2D eigenvalue weighted by Crippen LogP contribution is -3.00. The minimum absolute atomic E-state index is 0. The van der Waals surface area contributed by atoms with Crippen LogP contribution in [0.2, 0.25) is 0 Å². The lowest BCUT2D eigenvalue weighted by atomic mass is 10.2. The van der Waals surface area contributed by atoms with E-state index in [0.717, 1.165) is 0 Å². The third-order valence-electron chi connectivity index (χ3n) is 0.833. The fraction of sp³-hybridized carbons (Fsp3) is 0.750. The highest BCUT2D eigenvalue weighted by Gasteiger charge is 2.15. The first-order valence-electron chi connectivity index (χ1n) is 5.94. The molecule has 6 N–H and O–H groups in total. The predicted molar refractivity (Wildman–Crippen MR) is 53.4 cm³/mol. The number of guanidine groups is 1. The molecule has 0 aromatic carbocycles. The summed E-state index contributed by atoms with van der Waals surface area (Å²) >= 11 is 0. The fourth-order valence-electron chi connectivity index (χ4n) is 0.489. The van der Waals surface area contributed by atoms with Crippen molar-refractivity contribution in [2.24, 2.45) is 11.5 Å². The molecule has 0 radical (unpaired) electrons. The number of hydrogen-bond donors (Lipinski definition) is 4. The zero-order valence-electron chi connectivity index (χ0n) is 12.8. The van der Waals surface area contributed by atoms with E-state index in [4.69, 9.17) is 21.7 Å². The van der Waals surface area contributed by atoms with Crippen LogP contribution in [0.5, 0.6) is 0 Å². The Kier molecular flexibility index (Phi) is 4.34. The number of alkyl carbamates (subject to hydrolysis) is 1. The second-order valence-corrected chi connectivity index (χ2v) is 3.46. The van der Waals surface area contributed by atoms with Gasteiger partial charge in [0.2, 0.25) is 0 Å². The van der Waals surface area contributed by atoms with Crippen LogP contribution in [0.4, 0.5) is 4.79 Å². The summed E-state index contributed by atoms with van der Waals surface area (Å²) in [5.74, 6) is -0.505. The van der Waals surface area contributed by atoms with Gasteiger partial charge in [0.15, 0.2) is 0 Å². The van der Waals surface area contributed by atoms with E-state index in [-0.39, 0.29) is 12.4 Å². The van der Waals surface area contributed by atoms with Crippen LogP contribution in [-0.4, -0.2) is 30.6 Å². The van der Waals surface area contributed by atoms with Crippen molar-refractivity contribution in [3.05, 3.63) is 0 Å². The third kappa shape index (κ3) is 12.8. The van der Waals surface area contributed by atoms with Crippen LogP contribution in [0.1, 0.15) is 26.3 Å². The summed E-state index contributed by atoms with van der Waals surface area (Å²) < 4.78 is 34.6. The Morgan fingerprint density at radius 3 is 2.47 bits per heavy atom. The molecule has 0 unspecified atom stereocenters. The van der Waals surface area contributed by atoms with E-state index in [0.29, 0.717) is 0 Å². The molecule has 0 rings (SSSR count). The number of halogens is 1. The molecular formula is C8H19ClN4O2. The first-order chi connectivity index (χ1) is 7.77. The minimum Gasteiger partial charge on any atom is -1.00 e. The van der Waals surface area contributed by atoms with Gasteiger partial charge in [0.05, 0.1) is 18.5 Å². The summed E-state index contributed by atoms with van der Waals surface area (Å²) in [6, 6.07) is 0. The second-order valence-electron chi connectivity index (χ2n) is 3.46. The predicted octanol–water partition coefficient (Wildman–Crippen LogP) is -5.13. The summed E-state index contributed by atoms with van der Waals surface area (Å²) in [6.07, 6.45) is -1.09. The molecule has 0 saturated heterocycles. The molecule has 0 bridgehead atoms. The summed E-state index contributed by atoms with van der Waals surface area (Å²) in [4.78, 5) is 13.3. The van der Waals surface area contributed by atoms with E-state index in [1.807, 2.05) is 4.99 Å². The van der Waals surface area contributed by atoms with Crippen LogP contribution in [0.15, 0.2) is 0 Å². The number of carbonyl (C=O) groups is 1. The number of amides is 1. The highest BCUT2D eigenvalue weighted by molar-refractivity contribution is 5.69. The van der Waals surface area contributed by atoms with E-state index >= 15 is 0 Å². The van der Waals surface area contributed by atoms with Crippen molar-refractivity contribution in [3.63, 3.8) is 0 Å². The molecule has 0 fully saturated rings. The van der Waals surface area contributed by atoms with Crippen LogP contribution in [0.3, 0.4) is 0 Å². The SMILES string of the molecule is [2H]C([2H])(NC(=O)OC(C)(C)C)C([2H])([2H])[NH+]=C(N)N.[Cl-]. The van der Waals surface area contributed by atoms with Crippen molar-refractivity contribution in [2.45, 2.75) is 26.4 Å². The highest BCUT2D eigenvalue weighted by Crippen LogP contribution is 2.05. The van der Waals surface area contributed by atoms with Crippen molar-refractivity contribution in [2.75, 3.05) is 13.0 Å². The number of carbonyl (C=O) groups excluding carboxylic acids is 1. The van der Waals surface area contributed by atoms with Crippen LogP contribution in [0.25, 0.3) is 0 Å². The smallest absolute Gasteiger partial charge is 0.407 e. The Morgan fingerprint density at radius 2 is 2.07 bits per heavy atom. The summed E-state index contributed by atoms with van der Waals surface area (Å²) in [7, 11) is 0. The van der Waals surface area contributed by atoms with Crippen LogP contribution < -0.4 is 34.2 Å². The Balaban J connectivity index is 0. The van der Waals surface area contributed by atoms with Crippen LogP contribution in [0, 0.1) is 0 Å². The summed E-state index contributed by atoms with van der Waals surface area (Å²) in [5.41, 5.74) is 9.26. The normalized spacial score (nSPS) is 15.7. The lowest BCUT2D eigenvalue weighted by molar-refractivity contribution is -0.456. The van der Waals surface area contributed by atoms with E-state index < -0.39 is 30.6 Å². The molecule has 0 saturated carbocycles. The molecule has 0 aliphatic heterocycles. The van der Waals surface area contributed by atoms with E-state index in [1.54, 1.807) is 26.1 Å². The number of nitrogens with two attached hydrogens (primary N) is 2. The van der Waals surface area contributed by atoms with Gasteiger partial charge in [-0.3, -0.25) is 16.5 Å². The van der Waals surface area contributed by atoms with Gasteiger partial charge >= 0.3 is 12.1 Å². The molecule has 7 heteroatoms. The van der Waals surface area contributed by atoms with Gasteiger partial charge in [-0.1, -0.05) is 0 Å². The number of ether oxygens (including phenoxy) is 1. The van der Waals surface area contributed by atoms with Gasteiger partial charge in [-0.05, 0) is 20.8 Å². The zero-order chi connectivity index (χ0) is 14.8. The quantitative estimate of drug-likeness (QED) is 0.294. The van der Waals surface area contributed by atoms with Gasteiger partial charge < -0.3 is 22.5 Å². The third-order valence-corrected chi connectivity index (χ3v) is 0.833. The Labute approximate surface area is 101 Å². The van der Waals surface area contributed by atoms with E-state index in [1.165, 1.54) is 0 Å². The maximum atomic E-state index is 11.4. The first kappa shape index (κ1) is 9.08. The van der Waals surface area contributed by atoms with E-state index in [2.05, 4.69) is 0 Å². The summed E-state index contributed by atoms with van der Waals surface area (Å²) in [6.45, 7) is -0.663. The second kappa shape index (κ2) is 7.17. The minimum atomic E-state index is -2.76. The fourth-order valence-corrected chi connectivity index (χ4v) is 0.489. The van der Waals surface area contributed by atoms with Crippen molar-refractivity contribution >= 4 is 12.1 Å². The van der Waals surface area contributed by atoms with Crippen LogP contribution >= 0.6 is 0 Å². The summed E-state index contributed by atoms with van der Waals surface area (Å²) in [5, 5.41) is 1.77. The molecule has 90 valence electrons. The van der Waals surface area contributed by atoms with Crippen molar-refractivity contribution in [1.29, 1.82) is 0 Å². The van der Waals surface area contributed by atoms with Gasteiger partial charge in [0.1, 0.15) is 5.60 Å². The molecular weight excluding hydrogens is 220 g/mol. The van der Waals surface area contributed by atoms with Gasteiger partial charge in [-0.2, -0.15) is 0 Å². The Morgan fingerprint density at radius 1 is 1.53 bits per heavy atom. The average Bonchev–Trinajstić information content (AvgIpc) is 1.94. The molecule has 0 heterocycles. The molecule has 0 aromatic rings. The monoisotopic (exact) mass is 242 g/mol. The van der Waals surface area contributed by atoms with Gasteiger partial charge in [0.25, 0.3) is 0 Å². The van der Waals surface area contributed by atoms with Gasteiger partial charge in [-0.25, -0.2) is 4.79 Å². The topological polar surface area (TPSA) is 104 Å². The standard InChI is InChI=1S/C8H18N4O2.ClH/c1-8(2,3)14-7(13)12-5-4-11-6(9)10;/h4-5H2,1-3H3,(H,12,13)(H4,9,10,11);1H/i4D2,5D2;. The molecule has 1 amide bonds. The highest BCUT2D eigenvalue weighted by atomic mass is 35.5. The molecule has 0 atom stereocenters. The maximum Gasteiger partial charge on any atom is 0.407 e. The van der Waals surface area contributed by atoms with Gasteiger partial charge in [0, 0.05) is 0 Å². The Bertz CT molecular complexity index is 353. The van der Waals surface area contributed by atoms with Crippen molar-refractivity contribution in [1.82, 2.24) is 5.32 Å². The number of rotatable bonds is 3. The largest absolute Gasteiger partial charge is 1.00 e.